The molecule has 0 aliphatic carbocycles. The fraction of sp³-hybridized carbons (Fsp3) is 0.250. The summed E-state index contributed by atoms with van der Waals surface area (Å²) in [7, 11) is 0. The predicted molar refractivity (Wildman–Crippen MR) is 118 cm³/mol. The molecule has 4 N–H and O–H groups in total. The average Bonchev–Trinajstić information content (AvgIpc) is 3.02. The Morgan fingerprint density at radius 3 is 2.37 bits per heavy atom. The molecule has 30 heavy (non-hydrogen) atoms. The first-order chi connectivity index (χ1) is 14.3. The van der Waals surface area contributed by atoms with Crippen molar-refractivity contribution >= 4 is 23.1 Å². The standard InChI is InChI=1S/C24H27N3O3/c1-14-11-15(2)21(16(3)12-14)22-20(28)13-30-23(22)27-24(29)26-10-9-18-5-7-19(8-6-18)17(4)25/h5-8,11-12H,4,9-10,13,25H2,1-3H3,(H2,26,27,29). The Bertz CT molecular complexity index is 1010. The number of hydrogen-bond acceptors (Lipinski definition) is 4. The van der Waals surface area contributed by atoms with E-state index < -0.39 is 6.03 Å². The molecule has 0 aromatic heterocycles. The molecule has 1 aliphatic rings. The van der Waals surface area contributed by atoms with Crippen LogP contribution in [-0.4, -0.2) is 25.0 Å². The van der Waals surface area contributed by atoms with Crippen molar-refractivity contribution < 1.29 is 14.3 Å². The second-order valence-electron chi connectivity index (χ2n) is 7.54. The van der Waals surface area contributed by atoms with Crippen molar-refractivity contribution in [3.8, 4) is 0 Å². The van der Waals surface area contributed by atoms with Crippen LogP contribution < -0.4 is 16.4 Å². The topological polar surface area (TPSA) is 93.5 Å². The van der Waals surface area contributed by atoms with Crippen LogP contribution in [0.3, 0.4) is 0 Å². The van der Waals surface area contributed by atoms with Crippen molar-refractivity contribution in [3.05, 3.63) is 82.2 Å². The van der Waals surface area contributed by atoms with Crippen LogP contribution in [0.2, 0.25) is 0 Å². The van der Waals surface area contributed by atoms with Crippen LogP contribution in [0.1, 0.15) is 33.4 Å². The van der Waals surface area contributed by atoms with E-state index in [9.17, 15) is 9.59 Å². The van der Waals surface area contributed by atoms with Crippen LogP contribution in [0.15, 0.2) is 48.9 Å². The number of amides is 2. The van der Waals surface area contributed by atoms with E-state index in [1.54, 1.807) is 0 Å². The molecule has 0 atom stereocenters. The van der Waals surface area contributed by atoms with Crippen LogP contribution in [0.4, 0.5) is 4.79 Å². The first kappa shape index (κ1) is 21.2. The van der Waals surface area contributed by atoms with Gasteiger partial charge in [-0.3, -0.25) is 10.1 Å². The Balaban J connectivity index is 1.66. The van der Waals surface area contributed by atoms with Gasteiger partial charge >= 0.3 is 6.03 Å². The molecule has 6 heteroatoms. The maximum Gasteiger partial charge on any atom is 0.321 e. The minimum absolute atomic E-state index is 0.0729. The number of carbonyl (C=O) groups excluding carboxylic acids is 2. The number of carbonyl (C=O) groups is 2. The van der Waals surface area contributed by atoms with Crippen molar-refractivity contribution in [1.82, 2.24) is 10.6 Å². The van der Waals surface area contributed by atoms with Crippen molar-refractivity contribution in [2.75, 3.05) is 13.2 Å². The van der Waals surface area contributed by atoms with E-state index in [0.29, 0.717) is 24.2 Å². The lowest BCUT2D eigenvalue weighted by Crippen LogP contribution is -2.36. The normalized spacial score (nSPS) is 13.2. The Kier molecular flexibility index (Phi) is 6.26. The van der Waals surface area contributed by atoms with Gasteiger partial charge in [-0.1, -0.05) is 48.5 Å². The minimum Gasteiger partial charge on any atom is -0.470 e. The highest BCUT2D eigenvalue weighted by Gasteiger charge is 2.29. The highest BCUT2D eigenvalue weighted by molar-refractivity contribution is 6.24. The number of nitrogens with two attached hydrogens (primary N) is 1. The molecule has 2 amide bonds. The van der Waals surface area contributed by atoms with Crippen LogP contribution in [0, 0.1) is 20.8 Å². The van der Waals surface area contributed by atoms with E-state index in [1.165, 1.54) is 0 Å². The second kappa shape index (κ2) is 8.86. The first-order valence-corrected chi connectivity index (χ1v) is 9.83. The zero-order chi connectivity index (χ0) is 21.8. The van der Waals surface area contributed by atoms with E-state index >= 15 is 0 Å². The number of hydrogen-bond donors (Lipinski definition) is 3. The summed E-state index contributed by atoms with van der Waals surface area (Å²) in [5.74, 6) is 0.0697. The molecule has 156 valence electrons. The lowest BCUT2D eigenvalue weighted by molar-refractivity contribution is -0.115. The minimum atomic E-state index is -0.411. The summed E-state index contributed by atoms with van der Waals surface area (Å²) in [5, 5.41) is 5.50. The molecule has 6 nitrogen and oxygen atoms in total. The van der Waals surface area contributed by atoms with Crippen molar-refractivity contribution in [1.29, 1.82) is 0 Å². The SMILES string of the molecule is C=C(N)c1ccc(CCNC(=O)NC2=C(c3c(C)cc(C)cc3C)C(=O)CO2)cc1. The Morgan fingerprint density at radius 1 is 1.13 bits per heavy atom. The molecule has 1 aliphatic heterocycles. The number of urea groups is 1. The van der Waals surface area contributed by atoms with Crippen LogP contribution in [0.25, 0.3) is 11.3 Å². The summed E-state index contributed by atoms with van der Waals surface area (Å²) in [6.07, 6.45) is 0.659. The fourth-order valence-electron chi connectivity index (χ4n) is 3.69. The lowest BCUT2D eigenvalue weighted by Gasteiger charge is -2.13. The lowest BCUT2D eigenvalue weighted by atomic mass is 9.92. The average molecular weight is 405 g/mol. The summed E-state index contributed by atoms with van der Waals surface area (Å²) < 4.78 is 5.48. The predicted octanol–water partition coefficient (Wildman–Crippen LogP) is 3.35. The van der Waals surface area contributed by atoms with Crippen LogP contribution in [-0.2, 0) is 16.0 Å². The maximum atomic E-state index is 12.5. The van der Waals surface area contributed by atoms with Gasteiger partial charge in [0.15, 0.2) is 6.61 Å². The molecule has 0 bridgehead atoms. The van der Waals surface area contributed by atoms with Gasteiger partial charge in [-0.15, -0.1) is 0 Å². The quantitative estimate of drug-likeness (QED) is 0.687. The molecule has 1 heterocycles. The summed E-state index contributed by atoms with van der Waals surface area (Å²) in [5.41, 5.74) is 12.5. The zero-order valence-electron chi connectivity index (χ0n) is 17.6. The van der Waals surface area contributed by atoms with Crippen molar-refractivity contribution in [3.63, 3.8) is 0 Å². The highest BCUT2D eigenvalue weighted by atomic mass is 16.5. The van der Waals surface area contributed by atoms with E-state index in [1.807, 2.05) is 57.2 Å². The number of Topliss-reactive ketones (excluding diaryl/α,β-unsaturated/α-hetero) is 1. The molecule has 2 aromatic rings. The summed E-state index contributed by atoms with van der Waals surface area (Å²) in [6.45, 7) is 10.00. The molecule has 0 saturated heterocycles. The summed E-state index contributed by atoms with van der Waals surface area (Å²) >= 11 is 0. The summed E-state index contributed by atoms with van der Waals surface area (Å²) in [4.78, 5) is 24.8. The zero-order valence-corrected chi connectivity index (χ0v) is 17.6. The smallest absolute Gasteiger partial charge is 0.321 e. The third kappa shape index (κ3) is 4.71. The molecule has 2 aromatic carbocycles. The van der Waals surface area contributed by atoms with Crippen molar-refractivity contribution in [2.45, 2.75) is 27.2 Å². The molecular weight excluding hydrogens is 378 g/mol. The van der Waals surface area contributed by atoms with Gasteiger partial charge in [-0.2, -0.15) is 0 Å². The van der Waals surface area contributed by atoms with Crippen LogP contribution >= 0.6 is 0 Å². The Morgan fingerprint density at radius 2 is 1.77 bits per heavy atom. The second-order valence-corrected chi connectivity index (χ2v) is 7.54. The Labute approximate surface area is 176 Å². The molecule has 0 fully saturated rings. The number of ketones is 1. The largest absolute Gasteiger partial charge is 0.470 e. The summed E-state index contributed by atoms with van der Waals surface area (Å²) in [6, 6.07) is 11.3. The van der Waals surface area contributed by atoms with E-state index in [-0.39, 0.29) is 18.3 Å². The number of aryl methyl sites for hydroxylation is 3. The van der Waals surface area contributed by atoms with E-state index in [0.717, 1.165) is 33.4 Å². The molecule has 0 spiro atoms. The monoisotopic (exact) mass is 405 g/mol. The maximum absolute atomic E-state index is 12.5. The van der Waals surface area contributed by atoms with Gasteiger partial charge in [0.1, 0.15) is 0 Å². The van der Waals surface area contributed by atoms with Crippen LogP contribution in [0.5, 0.6) is 0 Å². The first-order valence-electron chi connectivity index (χ1n) is 9.83. The molecular formula is C24H27N3O3. The number of nitrogens with one attached hydrogen (secondary N) is 2. The van der Waals surface area contributed by atoms with Gasteiger partial charge < -0.3 is 15.8 Å². The van der Waals surface area contributed by atoms with Gasteiger partial charge in [-0.05, 0) is 55.0 Å². The number of ether oxygens (including phenoxy) is 1. The van der Waals surface area contributed by atoms with Gasteiger partial charge in [0.2, 0.25) is 11.7 Å². The third-order valence-electron chi connectivity index (χ3n) is 5.03. The third-order valence-corrected chi connectivity index (χ3v) is 5.03. The van der Waals surface area contributed by atoms with E-state index in [2.05, 4.69) is 17.2 Å². The fourth-order valence-corrected chi connectivity index (χ4v) is 3.69. The number of benzene rings is 2. The highest BCUT2D eigenvalue weighted by Crippen LogP contribution is 2.30. The number of rotatable bonds is 6. The Hall–Kier alpha value is -3.54. The molecule has 0 radical (unpaired) electrons. The van der Waals surface area contributed by atoms with Gasteiger partial charge in [0.25, 0.3) is 0 Å². The van der Waals surface area contributed by atoms with Gasteiger partial charge in [0.05, 0.1) is 5.57 Å². The molecule has 0 saturated carbocycles. The molecule has 3 rings (SSSR count). The van der Waals surface area contributed by atoms with E-state index in [4.69, 9.17) is 10.5 Å². The van der Waals surface area contributed by atoms with Gasteiger partial charge in [-0.25, -0.2) is 4.79 Å². The molecule has 0 unspecified atom stereocenters. The van der Waals surface area contributed by atoms with Crippen molar-refractivity contribution in [2.24, 2.45) is 5.73 Å². The van der Waals surface area contributed by atoms with Gasteiger partial charge in [0, 0.05) is 12.2 Å².